The molecule has 1 aromatic carbocycles. The fraction of sp³-hybridized carbons (Fsp3) is 0.0833. The van der Waals surface area contributed by atoms with Gasteiger partial charge in [-0.15, -0.1) is 0 Å². The molecule has 0 radical (unpaired) electrons. The summed E-state index contributed by atoms with van der Waals surface area (Å²) in [6.45, 7) is 0. The second-order valence-electron chi connectivity index (χ2n) is 3.92. The molecule has 1 heterocycles. The van der Waals surface area contributed by atoms with E-state index in [2.05, 4.69) is 10.3 Å². The van der Waals surface area contributed by atoms with E-state index < -0.39 is 11.9 Å². The topological polar surface area (TPSA) is 104 Å². The van der Waals surface area contributed by atoms with Crippen LogP contribution >= 0.6 is 0 Å². The Morgan fingerprint density at radius 3 is 2.68 bits per heavy atom. The van der Waals surface area contributed by atoms with Crippen LogP contribution in [0.15, 0.2) is 30.7 Å². The van der Waals surface area contributed by atoms with Gasteiger partial charge in [-0.25, -0.2) is 9.78 Å². The molecule has 3 N–H and O–H groups in total. The molecule has 0 saturated heterocycles. The number of nitrogens with one attached hydrogen (secondary N) is 1. The Hall–Kier alpha value is -2.83. The molecule has 98 valence electrons. The van der Waals surface area contributed by atoms with Crippen LogP contribution in [-0.2, 0) is 7.05 Å². The molecule has 0 unspecified atom stereocenters. The zero-order valence-corrected chi connectivity index (χ0v) is 9.99. The van der Waals surface area contributed by atoms with Gasteiger partial charge in [-0.3, -0.25) is 4.79 Å². The summed E-state index contributed by atoms with van der Waals surface area (Å²) >= 11 is 0. The lowest BCUT2D eigenvalue weighted by Crippen LogP contribution is -2.13. The summed E-state index contributed by atoms with van der Waals surface area (Å²) in [6, 6.07) is 3.63. The molecular formula is C12H11N3O4. The number of benzene rings is 1. The highest BCUT2D eigenvalue weighted by atomic mass is 16.4. The van der Waals surface area contributed by atoms with Gasteiger partial charge >= 0.3 is 5.97 Å². The average Bonchev–Trinajstić information content (AvgIpc) is 2.78. The number of aromatic hydroxyl groups is 1. The van der Waals surface area contributed by atoms with E-state index in [9.17, 15) is 14.7 Å². The van der Waals surface area contributed by atoms with Crippen molar-refractivity contribution in [3.8, 4) is 5.75 Å². The van der Waals surface area contributed by atoms with Crippen LogP contribution in [0.5, 0.6) is 5.75 Å². The molecule has 2 rings (SSSR count). The number of aryl methyl sites for hydroxylation is 1. The smallest absolute Gasteiger partial charge is 0.335 e. The summed E-state index contributed by atoms with van der Waals surface area (Å²) in [5, 5.41) is 20.8. The Bertz CT molecular complexity index is 648. The van der Waals surface area contributed by atoms with Crippen molar-refractivity contribution in [2.45, 2.75) is 0 Å². The molecule has 19 heavy (non-hydrogen) atoms. The number of amides is 1. The van der Waals surface area contributed by atoms with Gasteiger partial charge < -0.3 is 20.1 Å². The van der Waals surface area contributed by atoms with Gasteiger partial charge in [-0.1, -0.05) is 0 Å². The van der Waals surface area contributed by atoms with Gasteiger partial charge in [0.15, 0.2) is 0 Å². The Labute approximate surface area is 108 Å². The van der Waals surface area contributed by atoms with E-state index in [1.807, 2.05) is 0 Å². The Kier molecular flexibility index (Phi) is 3.19. The van der Waals surface area contributed by atoms with Gasteiger partial charge in [-0.2, -0.15) is 0 Å². The number of rotatable bonds is 3. The minimum atomic E-state index is -1.15. The predicted octanol–water partition coefficient (Wildman–Crippen LogP) is 1.08. The van der Waals surface area contributed by atoms with Gasteiger partial charge in [0.25, 0.3) is 5.91 Å². The number of imidazole rings is 1. The third-order valence-corrected chi connectivity index (χ3v) is 2.43. The highest BCUT2D eigenvalue weighted by Crippen LogP contribution is 2.24. The molecule has 0 aliphatic rings. The van der Waals surface area contributed by atoms with Crippen LogP contribution in [0, 0.1) is 0 Å². The van der Waals surface area contributed by atoms with Crippen molar-refractivity contribution in [2.75, 3.05) is 5.32 Å². The highest BCUT2D eigenvalue weighted by Gasteiger charge is 2.13. The Morgan fingerprint density at radius 2 is 2.11 bits per heavy atom. The number of phenols is 1. The lowest BCUT2D eigenvalue weighted by atomic mass is 10.2. The van der Waals surface area contributed by atoms with E-state index in [4.69, 9.17) is 5.11 Å². The lowest BCUT2D eigenvalue weighted by molar-refractivity contribution is 0.0696. The third-order valence-electron chi connectivity index (χ3n) is 2.43. The fourth-order valence-electron chi connectivity index (χ4n) is 1.49. The van der Waals surface area contributed by atoms with Crippen LogP contribution < -0.4 is 5.32 Å². The normalized spacial score (nSPS) is 10.2. The number of phenolic OH excluding ortho intramolecular Hbond substituents is 1. The highest BCUT2D eigenvalue weighted by molar-refractivity contribution is 6.04. The molecule has 0 spiro atoms. The molecule has 0 atom stereocenters. The van der Waals surface area contributed by atoms with Crippen LogP contribution in [0.4, 0.5) is 5.69 Å². The first-order valence-electron chi connectivity index (χ1n) is 5.33. The lowest BCUT2D eigenvalue weighted by Gasteiger charge is -2.06. The first kappa shape index (κ1) is 12.6. The van der Waals surface area contributed by atoms with Crippen LogP contribution in [0.25, 0.3) is 0 Å². The molecule has 0 aliphatic heterocycles. The van der Waals surface area contributed by atoms with E-state index in [-0.39, 0.29) is 22.7 Å². The standard InChI is InChI=1S/C12H11N3O4/c1-15-5-9(13-6-15)11(17)14-8-4-7(12(18)19)2-3-10(8)16/h2-6,16H,1H3,(H,14,17)(H,18,19). The number of carboxylic acids is 1. The second kappa shape index (κ2) is 4.81. The molecule has 1 aromatic heterocycles. The van der Waals surface area contributed by atoms with Crippen molar-refractivity contribution in [3.63, 3.8) is 0 Å². The van der Waals surface area contributed by atoms with E-state index in [1.165, 1.54) is 30.7 Å². The number of aromatic carboxylic acids is 1. The van der Waals surface area contributed by atoms with E-state index >= 15 is 0 Å². The van der Waals surface area contributed by atoms with Gasteiger partial charge in [0.2, 0.25) is 0 Å². The molecule has 0 aliphatic carbocycles. The molecule has 0 fully saturated rings. The predicted molar refractivity (Wildman–Crippen MR) is 66.2 cm³/mol. The maximum Gasteiger partial charge on any atom is 0.335 e. The number of nitrogens with zero attached hydrogens (tertiary/aromatic N) is 2. The summed E-state index contributed by atoms with van der Waals surface area (Å²) in [4.78, 5) is 26.5. The summed E-state index contributed by atoms with van der Waals surface area (Å²) in [5.74, 6) is -1.89. The quantitative estimate of drug-likeness (QED) is 0.717. The van der Waals surface area contributed by atoms with Gasteiger partial charge in [-0.05, 0) is 18.2 Å². The maximum absolute atomic E-state index is 11.8. The Balaban J connectivity index is 2.25. The molecule has 7 nitrogen and oxygen atoms in total. The van der Waals surface area contributed by atoms with E-state index in [0.717, 1.165) is 0 Å². The van der Waals surface area contributed by atoms with Crippen molar-refractivity contribution in [2.24, 2.45) is 7.05 Å². The number of carboxylic acid groups (broad SMARTS) is 1. The number of hydrogen-bond acceptors (Lipinski definition) is 4. The van der Waals surface area contributed by atoms with E-state index in [1.54, 1.807) is 11.6 Å². The molecular weight excluding hydrogens is 250 g/mol. The molecule has 0 saturated carbocycles. The third kappa shape index (κ3) is 2.71. The largest absolute Gasteiger partial charge is 0.506 e. The number of carbonyl (C=O) groups excluding carboxylic acids is 1. The van der Waals surface area contributed by atoms with Crippen molar-refractivity contribution in [1.29, 1.82) is 0 Å². The van der Waals surface area contributed by atoms with Crippen molar-refractivity contribution >= 4 is 17.6 Å². The summed E-state index contributed by atoms with van der Waals surface area (Å²) in [7, 11) is 1.71. The van der Waals surface area contributed by atoms with Gasteiger partial charge in [0, 0.05) is 13.2 Å². The molecule has 7 heteroatoms. The van der Waals surface area contributed by atoms with Crippen molar-refractivity contribution in [3.05, 3.63) is 42.0 Å². The van der Waals surface area contributed by atoms with Gasteiger partial charge in [0.1, 0.15) is 11.4 Å². The summed E-state index contributed by atoms with van der Waals surface area (Å²) in [5.41, 5.74) is 0.160. The molecule has 2 aromatic rings. The minimum absolute atomic E-state index is 0.0237. The first-order valence-corrected chi connectivity index (χ1v) is 5.33. The second-order valence-corrected chi connectivity index (χ2v) is 3.92. The van der Waals surface area contributed by atoms with Crippen LogP contribution in [0.3, 0.4) is 0 Å². The van der Waals surface area contributed by atoms with Crippen molar-refractivity contribution < 1.29 is 19.8 Å². The zero-order chi connectivity index (χ0) is 14.0. The SMILES string of the molecule is Cn1cnc(C(=O)Nc2cc(C(=O)O)ccc2O)c1. The van der Waals surface area contributed by atoms with Crippen LogP contribution in [0.1, 0.15) is 20.8 Å². The van der Waals surface area contributed by atoms with E-state index in [0.29, 0.717) is 0 Å². The summed E-state index contributed by atoms with van der Waals surface area (Å²) in [6.07, 6.45) is 2.97. The summed E-state index contributed by atoms with van der Waals surface area (Å²) < 4.78 is 1.60. The van der Waals surface area contributed by atoms with Crippen LogP contribution in [0.2, 0.25) is 0 Å². The number of carbonyl (C=O) groups is 2. The Morgan fingerprint density at radius 1 is 1.37 bits per heavy atom. The maximum atomic E-state index is 11.8. The average molecular weight is 261 g/mol. The molecule has 1 amide bonds. The monoisotopic (exact) mass is 261 g/mol. The fourth-order valence-corrected chi connectivity index (χ4v) is 1.49. The van der Waals surface area contributed by atoms with Gasteiger partial charge in [0.05, 0.1) is 17.6 Å². The number of aromatic nitrogens is 2. The zero-order valence-electron chi connectivity index (χ0n) is 9.99. The van der Waals surface area contributed by atoms with Crippen molar-refractivity contribution in [1.82, 2.24) is 9.55 Å². The number of hydrogen-bond donors (Lipinski definition) is 3. The minimum Gasteiger partial charge on any atom is -0.506 e. The molecule has 0 bridgehead atoms. The van der Waals surface area contributed by atoms with Crippen LogP contribution in [-0.4, -0.2) is 31.6 Å². The first-order chi connectivity index (χ1) is 8.97. The number of anilines is 1.